The molecule has 1 N–H and O–H groups in total. The number of fused-ring (bicyclic) bond motifs is 1. The first-order chi connectivity index (χ1) is 13.8. The molecule has 0 saturated carbocycles. The highest BCUT2D eigenvalue weighted by atomic mass is 32.2. The molecule has 0 fully saturated rings. The van der Waals surface area contributed by atoms with E-state index < -0.39 is 22.6 Å². The van der Waals surface area contributed by atoms with Crippen molar-refractivity contribution in [1.82, 2.24) is 4.72 Å². The molecule has 3 aromatic rings. The lowest BCUT2D eigenvalue weighted by Gasteiger charge is -2.08. The number of rotatable bonds is 7. The second-order valence-electron chi connectivity index (χ2n) is 6.16. The van der Waals surface area contributed by atoms with E-state index in [1.165, 1.54) is 31.3 Å². The van der Waals surface area contributed by atoms with E-state index in [0.717, 1.165) is 10.8 Å². The van der Waals surface area contributed by atoms with Gasteiger partial charge in [0.2, 0.25) is 10.0 Å². The number of hydrogen-bond donors (Lipinski definition) is 1. The van der Waals surface area contributed by atoms with Gasteiger partial charge in [0.15, 0.2) is 12.4 Å². The normalized spacial score (nSPS) is 11.2. The molecule has 0 aliphatic carbocycles. The fraction of sp³-hybridized carbons (Fsp3) is 0.143. The van der Waals surface area contributed by atoms with Crippen molar-refractivity contribution in [3.63, 3.8) is 0 Å². The monoisotopic (exact) mass is 413 g/mol. The van der Waals surface area contributed by atoms with Crippen molar-refractivity contribution in [1.29, 1.82) is 0 Å². The summed E-state index contributed by atoms with van der Waals surface area (Å²) in [7, 11) is -0.831. The number of sulfonamides is 1. The third-order valence-electron chi connectivity index (χ3n) is 4.35. The number of ether oxygens (including phenoxy) is 2. The molecule has 0 atom stereocenters. The first-order valence-corrected chi connectivity index (χ1v) is 10.1. The molecule has 0 aromatic heterocycles. The summed E-state index contributed by atoms with van der Waals surface area (Å²) < 4.78 is 36.1. The van der Waals surface area contributed by atoms with Crippen LogP contribution in [0.15, 0.2) is 65.6 Å². The molecule has 29 heavy (non-hydrogen) atoms. The van der Waals surface area contributed by atoms with Gasteiger partial charge in [-0.3, -0.25) is 4.79 Å². The van der Waals surface area contributed by atoms with E-state index in [2.05, 4.69) is 4.72 Å². The fourth-order valence-electron chi connectivity index (χ4n) is 2.73. The summed E-state index contributed by atoms with van der Waals surface area (Å²) >= 11 is 0. The number of methoxy groups -OCH3 is 1. The topological polar surface area (TPSA) is 98.8 Å². The van der Waals surface area contributed by atoms with E-state index in [1.54, 1.807) is 31.4 Å². The molecule has 0 radical (unpaired) electrons. The third-order valence-corrected chi connectivity index (χ3v) is 5.76. The molecule has 150 valence electrons. The minimum Gasteiger partial charge on any atom is -0.497 e. The zero-order valence-corrected chi connectivity index (χ0v) is 16.7. The van der Waals surface area contributed by atoms with Crippen LogP contribution in [0.2, 0.25) is 0 Å². The maximum atomic E-state index is 12.4. The smallest absolute Gasteiger partial charge is 0.338 e. The summed E-state index contributed by atoms with van der Waals surface area (Å²) in [5.41, 5.74) is 0.446. The van der Waals surface area contributed by atoms with Gasteiger partial charge in [0, 0.05) is 5.56 Å². The first-order valence-electron chi connectivity index (χ1n) is 8.66. The van der Waals surface area contributed by atoms with Crippen molar-refractivity contribution in [2.75, 3.05) is 20.8 Å². The van der Waals surface area contributed by atoms with Crippen molar-refractivity contribution >= 4 is 32.5 Å². The van der Waals surface area contributed by atoms with Gasteiger partial charge in [-0.25, -0.2) is 17.9 Å². The van der Waals surface area contributed by atoms with Gasteiger partial charge in [-0.05, 0) is 54.2 Å². The molecule has 0 saturated heterocycles. The van der Waals surface area contributed by atoms with E-state index in [9.17, 15) is 18.0 Å². The van der Waals surface area contributed by atoms with Gasteiger partial charge in [-0.1, -0.05) is 24.3 Å². The van der Waals surface area contributed by atoms with Crippen LogP contribution in [0.4, 0.5) is 0 Å². The number of ketones is 1. The zero-order valence-electron chi connectivity index (χ0n) is 15.8. The Morgan fingerprint density at radius 3 is 2.38 bits per heavy atom. The summed E-state index contributed by atoms with van der Waals surface area (Å²) in [5.74, 6) is -0.430. The Morgan fingerprint density at radius 2 is 1.66 bits per heavy atom. The summed E-state index contributed by atoms with van der Waals surface area (Å²) in [6, 6.07) is 16.1. The average Bonchev–Trinajstić information content (AvgIpc) is 2.76. The van der Waals surface area contributed by atoms with Crippen LogP contribution in [0.1, 0.15) is 20.7 Å². The Labute approximate surface area is 168 Å². The summed E-state index contributed by atoms with van der Waals surface area (Å²) in [6.45, 7) is -0.455. The minimum absolute atomic E-state index is 0.0414. The molecular weight excluding hydrogens is 394 g/mol. The van der Waals surface area contributed by atoms with Crippen LogP contribution < -0.4 is 9.46 Å². The molecule has 0 heterocycles. The Balaban J connectivity index is 1.71. The molecule has 8 heteroatoms. The standard InChI is InChI=1S/C21H19NO6S/c1-22-29(25,26)19-5-3-4-17(12-19)21(24)28-13-20(23)16-7-6-15-11-18(27-2)9-8-14(15)10-16/h3-12,22H,13H2,1-2H3. The fourth-order valence-corrected chi connectivity index (χ4v) is 3.51. The van der Waals surface area contributed by atoms with Crippen LogP contribution in [-0.4, -0.2) is 40.9 Å². The van der Waals surface area contributed by atoms with E-state index >= 15 is 0 Å². The Hall–Kier alpha value is -3.23. The molecule has 3 aromatic carbocycles. The number of hydrogen-bond acceptors (Lipinski definition) is 6. The van der Waals surface area contributed by atoms with Crippen molar-refractivity contribution in [3.8, 4) is 5.75 Å². The Morgan fingerprint density at radius 1 is 0.931 bits per heavy atom. The quantitative estimate of drug-likeness (QED) is 0.472. The number of benzene rings is 3. The molecule has 0 aliphatic rings. The second-order valence-corrected chi connectivity index (χ2v) is 8.05. The minimum atomic E-state index is -3.69. The van der Waals surface area contributed by atoms with Gasteiger partial charge in [-0.2, -0.15) is 0 Å². The molecule has 7 nitrogen and oxygen atoms in total. The summed E-state index contributed by atoms with van der Waals surface area (Å²) in [6.07, 6.45) is 0. The highest BCUT2D eigenvalue weighted by Crippen LogP contribution is 2.22. The predicted octanol–water partition coefficient (Wildman–Crippen LogP) is 2.80. The van der Waals surface area contributed by atoms with Gasteiger partial charge in [0.1, 0.15) is 5.75 Å². The molecule has 0 unspecified atom stereocenters. The number of carbonyl (C=O) groups excluding carboxylic acids is 2. The highest BCUT2D eigenvalue weighted by Gasteiger charge is 2.16. The van der Waals surface area contributed by atoms with Crippen LogP contribution in [0.5, 0.6) is 5.75 Å². The van der Waals surface area contributed by atoms with Crippen molar-refractivity contribution < 1.29 is 27.5 Å². The number of nitrogens with one attached hydrogen (secondary N) is 1. The Bertz CT molecular complexity index is 1190. The van der Waals surface area contributed by atoms with E-state index in [0.29, 0.717) is 11.3 Å². The van der Waals surface area contributed by atoms with Crippen LogP contribution in [-0.2, 0) is 14.8 Å². The molecule has 0 bridgehead atoms. The van der Waals surface area contributed by atoms with E-state index in [1.807, 2.05) is 12.1 Å². The van der Waals surface area contributed by atoms with Crippen molar-refractivity contribution in [3.05, 3.63) is 71.8 Å². The van der Waals surface area contributed by atoms with Gasteiger partial charge in [-0.15, -0.1) is 0 Å². The number of carbonyl (C=O) groups is 2. The van der Waals surface area contributed by atoms with E-state index in [-0.39, 0.29) is 16.2 Å². The SMILES string of the molecule is CNS(=O)(=O)c1cccc(C(=O)OCC(=O)c2ccc3cc(OC)ccc3c2)c1. The first kappa shape index (κ1) is 20.5. The molecule has 0 amide bonds. The summed E-state index contributed by atoms with van der Waals surface area (Å²) in [5, 5.41) is 1.77. The maximum absolute atomic E-state index is 12.4. The summed E-state index contributed by atoms with van der Waals surface area (Å²) in [4.78, 5) is 24.6. The number of Topliss-reactive ketones (excluding diaryl/α,β-unsaturated/α-hetero) is 1. The Kier molecular flexibility index (Phi) is 5.95. The molecular formula is C21H19NO6S. The lowest BCUT2D eigenvalue weighted by atomic mass is 10.0. The average molecular weight is 413 g/mol. The predicted molar refractivity (Wildman–Crippen MR) is 108 cm³/mol. The van der Waals surface area contributed by atoms with Crippen LogP contribution in [0, 0.1) is 0 Å². The second kappa shape index (κ2) is 8.42. The van der Waals surface area contributed by atoms with Gasteiger partial charge < -0.3 is 9.47 Å². The van der Waals surface area contributed by atoms with Crippen molar-refractivity contribution in [2.24, 2.45) is 0 Å². The maximum Gasteiger partial charge on any atom is 0.338 e. The lowest BCUT2D eigenvalue weighted by molar-refractivity contribution is 0.0474. The molecule has 0 aliphatic heterocycles. The van der Waals surface area contributed by atoms with Gasteiger partial charge in [0.25, 0.3) is 0 Å². The van der Waals surface area contributed by atoms with Crippen LogP contribution in [0.3, 0.4) is 0 Å². The van der Waals surface area contributed by atoms with Crippen LogP contribution >= 0.6 is 0 Å². The third kappa shape index (κ3) is 4.61. The lowest BCUT2D eigenvalue weighted by Crippen LogP contribution is -2.19. The largest absolute Gasteiger partial charge is 0.497 e. The highest BCUT2D eigenvalue weighted by molar-refractivity contribution is 7.89. The van der Waals surface area contributed by atoms with Crippen molar-refractivity contribution in [2.45, 2.75) is 4.90 Å². The van der Waals surface area contributed by atoms with Crippen LogP contribution in [0.25, 0.3) is 10.8 Å². The van der Waals surface area contributed by atoms with Gasteiger partial charge >= 0.3 is 5.97 Å². The number of esters is 1. The van der Waals surface area contributed by atoms with E-state index in [4.69, 9.17) is 9.47 Å². The molecule has 3 rings (SSSR count). The molecule has 0 spiro atoms. The van der Waals surface area contributed by atoms with Gasteiger partial charge in [0.05, 0.1) is 17.6 Å². The zero-order chi connectivity index (χ0) is 21.0.